The first-order chi connectivity index (χ1) is 6.74. The van der Waals surface area contributed by atoms with E-state index in [4.69, 9.17) is 0 Å². The molecule has 1 rings (SSSR count). The second-order valence-corrected chi connectivity index (χ2v) is 3.08. The van der Waals surface area contributed by atoms with Crippen molar-refractivity contribution >= 4 is 17.7 Å². The van der Waals surface area contributed by atoms with E-state index in [2.05, 4.69) is 18.3 Å². The summed E-state index contributed by atoms with van der Waals surface area (Å²) in [6, 6.07) is 7.75. The molecule has 0 aliphatic heterocycles. The molecular formula is C12H15NO. The summed E-state index contributed by atoms with van der Waals surface area (Å²) >= 11 is 0. The highest BCUT2D eigenvalue weighted by Gasteiger charge is 1.98. The zero-order valence-corrected chi connectivity index (χ0v) is 8.58. The Morgan fingerprint density at radius 2 is 2.14 bits per heavy atom. The van der Waals surface area contributed by atoms with Crippen LogP contribution >= 0.6 is 0 Å². The molecule has 0 saturated carbocycles. The minimum Gasteiger partial charge on any atom is -0.326 e. The van der Waals surface area contributed by atoms with E-state index in [1.165, 1.54) is 6.92 Å². The van der Waals surface area contributed by atoms with E-state index in [1.54, 1.807) is 0 Å². The third-order valence-electron chi connectivity index (χ3n) is 1.80. The van der Waals surface area contributed by atoms with Crippen LogP contribution in [0.4, 0.5) is 5.69 Å². The largest absolute Gasteiger partial charge is 0.326 e. The van der Waals surface area contributed by atoms with Crippen molar-refractivity contribution in [3.05, 3.63) is 35.9 Å². The number of para-hydroxylation sites is 1. The van der Waals surface area contributed by atoms with Gasteiger partial charge in [0, 0.05) is 12.6 Å². The van der Waals surface area contributed by atoms with Gasteiger partial charge in [-0.15, -0.1) is 0 Å². The summed E-state index contributed by atoms with van der Waals surface area (Å²) in [5.74, 6) is -0.0395. The molecule has 0 aliphatic carbocycles. The normalized spacial score (nSPS) is 10.4. The second kappa shape index (κ2) is 5.22. The van der Waals surface area contributed by atoms with Crippen LogP contribution in [0, 0.1) is 0 Å². The topological polar surface area (TPSA) is 29.1 Å². The van der Waals surface area contributed by atoms with Gasteiger partial charge >= 0.3 is 0 Å². The molecule has 0 fully saturated rings. The van der Waals surface area contributed by atoms with Crippen LogP contribution in [-0.2, 0) is 4.79 Å². The van der Waals surface area contributed by atoms with Crippen LogP contribution in [0.15, 0.2) is 30.3 Å². The maximum absolute atomic E-state index is 10.9. The maximum Gasteiger partial charge on any atom is 0.221 e. The van der Waals surface area contributed by atoms with Crippen molar-refractivity contribution in [1.29, 1.82) is 0 Å². The summed E-state index contributed by atoms with van der Waals surface area (Å²) in [6.45, 7) is 3.60. The van der Waals surface area contributed by atoms with E-state index in [1.807, 2.05) is 30.3 Å². The molecule has 1 aromatic rings. The first-order valence-corrected chi connectivity index (χ1v) is 4.77. The predicted octanol–water partition coefficient (Wildman–Crippen LogP) is 3.07. The Kier molecular flexibility index (Phi) is 3.92. The van der Waals surface area contributed by atoms with Gasteiger partial charge in [-0.1, -0.05) is 37.3 Å². The lowest BCUT2D eigenvalue weighted by Gasteiger charge is -2.05. The minimum atomic E-state index is -0.0395. The summed E-state index contributed by atoms with van der Waals surface area (Å²) in [7, 11) is 0. The Balaban J connectivity index is 2.90. The molecule has 74 valence electrons. The van der Waals surface area contributed by atoms with Crippen LogP contribution in [0.25, 0.3) is 6.08 Å². The van der Waals surface area contributed by atoms with Gasteiger partial charge in [0.25, 0.3) is 0 Å². The molecule has 1 N–H and O–H groups in total. The van der Waals surface area contributed by atoms with Crippen molar-refractivity contribution < 1.29 is 4.79 Å². The Bertz CT molecular complexity index is 342. The molecule has 0 heterocycles. The lowest BCUT2D eigenvalue weighted by Crippen LogP contribution is -2.06. The van der Waals surface area contributed by atoms with Crippen molar-refractivity contribution in [3.63, 3.8) is 0 Å². The number of hydrogen-bond acceptors (Lipinski definition) is 1. The maximum atomic E-state index is 10.9. The van der Waals surface area contributed by atoms with Crippen molar-refractivity contribution in [1.82, 2.24) is 0 Å². The van der Waals surface area contributed by atoms with Crippen LogP contribution in [0.1, 0.15) is 25.8 Å². The summed E-state index contributed by atoms with van der Waals surface area (Å²) in [5, 5.41) is 2.79. The second-order valence-electron chi connectivity index (χ2n) is 3.08. The quantitative estimate of drug-likeness (QED) is 0.777. The fraction of sp³-hybridized carbons (Fsp3) is 0.250. The van der Waals surface area contributed by atoms with E-state index < -0.39 is 0 Å². The lowest BCUT2D eigenvalue weighted by molar-refractivity contribution is -0.114. The smallest absolute Gasteiger partial charge is 0.221 e. The molecule has 0 atom stereocenters. The minimum absolute atomic E-state index is 0.0395. The fourth-order valence-corrected chi connectivity index (χ4v) is 1.19. The molecule has 0 radical (unpaired) electrons. The Labute approximate surface area is 84.6 Å². The molecule has 0 spiro atoms. The number of hydrogen-bond donors (Lipinski definition) is 1. The van der Waals surface area contributed by atoms with Crippen molar-refractivity contribution in [2.45, 2.75) is 20.3 Å². The van der Waals surface area contributed by atoms with Gasteiger partial charge in [0.1, 0.15) is 0 Å². The summed E-state index contributed by atoms with van der Waals surface area (Å²) in [6.07, 6.45) is 5.08. The number of nitrogens with one attached hydrogen (secondary N) is 1. The highest BCUT2D eigenvalue weighted by molar-refractivity contribution is 5.91. The van der Waals surface area contributed by atoms with Crippen LogP contribution in [0.2, 0.25) is 0 Å². The number of carbonyl (C=O) groups is 1. The number of benzene rings is 1. The Morgan fingerprint density at radius 1 is 1.43 bits per heavy atom. The monoisotopic (exact) mass is 189 g/mol. The molecule has 0 aromatic heterocycles. The van der Waals surface area contributed by atoms with Gasteiger partial charge in [0.15, 0.2) is 0 Å². The number of amides is 1. The fourth-order valence-electron chi connectivity index (χ4n) is 1.19. The number of allylic oxidation sites excluding steroid dienone is 1. The molecular weight excluding hydrogens is 174 g/mol. The lowest BCUT2D eigenvalue weighted by atomic mass is 10.1. The number of carbonyl (C=O) groups excluding carboxylic acids is 1. The van der Waals surface area contributed by atoms with Gasteiger partial charge in [-0.3, -0.25) is 4.79 Å². The van der Waals surface area contributed by atoms with Crippen molar-refractivity contribution in [2.24, 2.45) is 0 Å². The molecule has 14 heavy (non-hydrogen) atoms. The van der Waals surface area contributed by atoms with Gasteiger partial charge in [0.2, 0.25) is 5.91 Å². The van der Waals surface area contributed by atoms with E-state index >= 15 is 0 Å². The van der Waals surface area contributed by atoms with Crippen molar-refractivity contribution in [2.75, 3.05) is 5.32 Å². The summed E-state index contributed by atoms with van der Waals surface area (Å²) in [5.41, 5.74) is 1.91. The first kappa shape index (κ1) is 10.5. The van der Waals surface area contributed by atoms with Crippen LogP contribution in [0.5, 0.6) is 0 Å². The highest BCUT2D eigenvalue weighted by Crippen LogP contribution is 2.16. The van der Waals surface area contributed by atoms with Crippen molar-refractivity contribution in [3.8, 4) is 0 Å². The molecule has 2 heteroatoms. The summed E-state index contributed by atoms with van der Waals surface area (Å²) < 4.78 is 0. The number of rotatable bonds is 3. The highest BCUT2D eigenvalue weighted by atomic mass is 16.1. The molecule has 1 amide bonds. The van der Waals surface area contributed by atoms with Gasteiger partial charge in [0.05, 0.1) is 0 Å². The molecule has 0 aliphatic rings. The van der Waals surface area contributed by atoms with Gasteiger partial charge in [-0.2, -0.15) is 0 Å². The third-order valence-corrected chi connectivity index (χ3v) is 1.80. The van der Waals surface area contributed by atoms with Crippen LogP contribution in [-0.4, -0.2) is 5.91 Å². The van der Waals surface area contributed by atoms with Gasteiger partial charge in [-0.05, 0) is 18.1 Å². The molecule has 0 unspecified atom stereocenters. The van der Waals surface area contributed by atoms with E-state index in [0.29, 0.717) is 0 Å². The van der Waals surface area contributed by atoms with E-state index in [0.717, 1.165) is 17.7 Å². The number of anilines is 1. The summed E-state index contributed by atoms with van der Waals surface area (Å²) in [4.78, 5) is 10.9. The zero-order chi connectivity index (χ0) is 10.4. The third kappa shape index (κ3) is 3.05. The Morgan fingerprint density at radius 3 is 2.79 bits per heavy atom. The van der Waals surface area contributed by atoms with E-state index in [-0.39, 0.29) is 5.91 Å². The van der Waals surface area contributed by atoms with Crippen LogP contribution < -0.4 is 5.32 Å². The standard InChI is InChI=1S/C12H15NO/c1-3-4-7-11-8-5-6-9-12(11)13-10(2)14/h4-9H,3H2,1-2H3,(H,13,14)/b7-4+. The van der Waals surface area contributed by atoms with Gasteiger partial charge < -0.3 is 5.32 Å². The SMILES string of the molecule is CC/C=C/c1ccccc1NC(C)=O. The zero-order valence-electron chi connectivity index (χ0n) is 8.58. The molecule has 1 aromatic carbocycles. The first-order valence-electron chi connectivity index (χ1n) is 4.77. The van der Waals surface area contributed by atoms with E-state index in [9.17, 15) is 4.79 Å². The molecule has 0 bridgehead atoms. The average Bonchev–Trinajstić information content (AvgIpc) is 2.16. The molecule has 0 saturated heterocycles. The van der Waals surface area contributed by atoms with Gasteiger partial charge in [-0.25, -0.2) is 0 Å². The molecule has 2 nitrogen and oxygen atoms in total. The van der Waals surface area contributed by atoms with Crippen LogP contribution in [0.3, 0.4) is 0 Å². The average molecular weight is 189 g/mol. The predicted molar refractivity (Wildman–Crippen MR) is 60.1 cm³/mol. The Hall–Kier alpha value is -1.57.